The van der Waals surface area contributed by atoms with Crippen molar-refractivity contribution in [2.24, 2.45) is 0 Å². The summed E-state index contributed by atoms with van der Waals surface area (Å²) in [6, 6.07) is 0.585. The SMILES string of the molecule is Brc1cnn(C2CCCNCC2)c1. The lowest BCUT2D eigenvalue weighted by molar-refractivity contribution is 0.414. The summed E-state index contributed by atoms with van der Waals surface area (Å²) in [7, 11) is 0. The Morgan fingerprint density at radius 3 is 3.15 bits per heavy atom. The summed E-state index contributed by atoms with van der Waals surface area (Å²) in [6.07, 6.45) is 7.60. The van der Waals surface area contributed by atoms with E-state index in [0.29, 0.717) is 6.04 Å². The van der Waals surface area contributed by atoms with Gasteiger partial charge in [0, 0.05) is 6.20 Å². The van der Waals surface area contributed by atoms with Gasteiger partial charge in [-0.25, -0.2) is 0 Å². The fourth-order valence-electron chi connectivity index (χ4n) is 1.78. The smallest absolute Gasteiger partial charge is 0.0632 e. The fraction of sp³-hybridized carbons (Fsp3) is 0.667. The van der Waals surface area contributed by atoms with Gasteiger partial charge in [0.2, 0.25) is 0 Å². The molecule has 0 amide bonds. The minimum absolute atomic E-state index is 0.585. The number of rotatable bonds is 1. The first-order valence-corrected chi connectivity index (χ1v) is 5.56. The molecule has 1 aliphatic rings. The highest BCUT2D eigenvalue weighted by atomic mass is 79.9. The molecule has 0 aliphatic carbocycles. The largest absolute Gasteiger partial charge is 0.317 e. The normalized spacial score (nSPS) is 24.2. The zero-order valence-electron chi connectivity index (χ0n) is 7.54. The van der Waals surface area contributed by atoms with Crippen molar-refractivity contribution in [2.75, 3.05) is 13.1 Å². The van der Waals surface area contributed by atoms with Gasteiger partial charge in [0.05, 0.1) is 16.7 Å². The van der Waals surface area contributed by atoms with Crippen molar-refractivity contribution < 1.29 is 0 Å². The molecule has 0 radical (unpaired) electrons. The molecule has 0 aromatic carbocycles. The number of halogens is 1. The average molecular weight is 244 g/mol. The van der Waals surface area contributed by atoms with Crippen LogP contribution in [0.1, 0.15) is 25.3 Å². The maximum absolute atomic E-state index is 4.32. The van der Waals surface area contributed by atoms with Gasteiger partial charge >= 0.3 is 0 Å². The molecule has 1 unspecified atom stereocenters. The van der Waals surface area contributed by atoms with Crippen molar-refractivity contribution >= 4 is 15.9 Å². The number of nitrogens with one attached hydrogen (secondary N) is 1. The second-order valence-electron chi connectivity index (χ2n) is 3.47. The van der Waals surface area contributed by atoms with Crippen molar-refractivity contribution in [2.45, 2.75) is 25.3 Å². The lowest BCUT2D eigenvalue weighted by Crippen LogP contribution is -2.15. The average Bonchev–Trinajstić information content (AvgIpc) is 2.43. The van der Waals surface area contributed by atoms with E-state index in [1.54, 1.807) is 0 Å². The van der Waals surface area contributed by atoms with Crippen molar-refractivity contribution in [1.29, 1.82) is 0 Å². The highest BCUT2D eigenvalue weighted by Gasteiger charge is 2.13. The predicted octanol–water partition coefficient (Wildman–Crippen LogP) is 1.96. The van der Waals surface area contributed by atoms with E-state index in [4.69, 9.17) is 0 Å². The van der Waals surface area contributed by atoms with Crippen molar-refractivity contribution in [3.8, 4) is 0 Å². The minimum Gasteiger partial charge on any atom is -0.317 e. The van der Waals surface area contributed by atoms with E-state index < -0.39 is 0 Å². The summed E-state index contributed by atoms with van der Waals surface area (Å²) in [5.41, 5.74) is 0. The van der Waals surface area contributed by atoms with E-state index in [1.807, 2.05) is 6.20 Å². The second-order valence-corrected chi connectivity index (χ2v) is 4.39. The second kappa shape index (κ2) is 4.24. The number of hydrogen-bond donors (Lipinski definition) is 1. The van der Waals surface area contributed by atoms with Crippen LogP contribution in [0.15, 0.2) is 16.9 Å². The van der Waals surface area contributed by atoms with Gasteiger partial charge < -0.3 is 5.32 Å². The molecule has 1 aromatic heterocycles. The van der Waals surface area contributed by atoms with Crippen LogP contribution in [-0.2, 0) is 0 Å². The van der Waals surface area contributed by atoms with Gasteiger partial charge in [0.1, 0.15) is 0 Å². The molecule has 1 fully saturated rings. The summed E-state index contributed by atoms with van der Waals surface area (Å²) >= 11 is 3.42. The topological polar surface area (TPSA) is 29.9 Å². The number of nitrogens with zero attached hydrogens (tertiary/aromatic N) is 2. The third kappa shape index (κ3) is 2.31. The Morgan fingerprint density at radius 1 is 1.46 bits per heavy atom. The zero-order valence-corrected chi connectivity index (χ0v) is 9.13. The van der Waals surface area contributed by atoms with E-state index in [1.165, 1.54) is 19.3 Å². The van der Waals surface area contributed by atoms with Crippen LogP contribution in [-0.4, -0.2) is 22.9 Å². The van der Waals surface area contributed by atoms with Crippen LogP contribution in [0.2, 0.25) is 0 Å². The molecular weight excluding hydrogens is 230 g/mol. The number of aromatic nitrogens is 2. The highest BCUT2D eigenvalue weighted by Crippen LogP contribution is 2.20. The maximum Gasteiger partial charge on any atom is 0.0632 e. The molecule has 13 heavy (non-hydrogen) atoms. The van der Waals surface area contributed by atoms with Gasteiger partial charge in [0.15, 0.2) is 0 Å². The Hall–Kier alpha value is -0.350. The van der Waals surface area contributed by atoms with E-state index in [0.717, 1.165) is 17.6 Å². The highest BCUT2D eigenvalue weighted by molar-refractivity contribution is 9.10. The van der Waals surface area contributed by atoms with Crippen molar-refractivity contribution in [1.82, 2.24) is 15.1 Å². The van der Waals surface area contributed by atoms with Crippen LogP contribution in [0.4, 0.5) is 0 Å². The van der Waals surface area contributed by atoms with Gasteiger partial charge in [0.25, 0.3) is 0 Å². The van der Waals surface area contributed by atoms with Crippen LogP contribution in [0.5, 0.6) is 0 Å². The van der Waals surface area contributed by atoms with Crippen LogP contribution >= 0.6 is 15.9 Å². The molecule has 0 spiro atoms. The molecule has 0 saturated carbocycles. The van der Waals surface area contributed by atoms with E-state index >= 15 is 0 Å². The quantitative estimate of drug-likeness (QED) is 0.818. The zero-order chi connectivity index (χ0) is 9.10. The first-order chi connectivity index (χ1) is 6.36. The maximum atomic E-state index is 4.32. The molecule has 3 nitrogen and oxygen atoms in total. The summed E-state index contributed by atoms with van der Waals surface area (Å²) in [5.74, 6) is 0. The van der Waals surface area contributed by atoms with E-state index in [9.17, 15) is 0 Å². The predicted molar refractivity (Wildman–Crippen MR) is 55.7 cm³/mol. The summed E-state index contributed by atoms with van der Waals surface area (Å²) < 4.78 is 3.15. The monoisotopic (exact) mass is 243 g/mol. The van der Waals surface area contributed by atoms with Crippen molar-refractivity contribution in [3.63, 3.8) is 0 Å². The van der Waals surface area contributed by atoms with Crippen LogP contribution in [0.3, 0.4) is 0 Å². The van der Waals surface area contributed by atoms with Gasteiger partial charge in [-0.05, 0) is 48.3 Å². The lowest BCUT2D eigenvalue weighted by atomic mass is 10.1. The molecule has 0 bridgehead atoms. The molecule has 2 heterocycles. The number of hydrogen-bond acceptors (Lipinski definition) is 2. The van der Waals surface area contributed by atoms with E-state index in [-0.39, 0.29) is 0 Å². The first kappa shape index (κ1) is 9.21. The fourth-order valence-corrected chi connectivity index (χ4v) is 2.08. The van der Waals surface area contributed by atoms with Crippen molar-refractivity contribution in [3.05, 3.63) is 16.9 Å². The summed E-state index contributed by atoms with van der Waals surface area (Å²) in [4.78, 5) is 0. The van der Waals surface area contributed by atoms with Gasteiger partial charge in [-0.15, -0.1) is 0 Å². The molecule has 1 aliphatic heterocycles. The molecule has 1 aromatic rings. The Kier molecular flexibility index (Phi) is 3.01. The Labute approximate surface area is 86.6 Å². The Balaban J connectivity index is 2.06. The molecular formula is C9H14BrN3. The Morgan fingerprint density at radius 2 is 2.38 bits per heavy atom. The van der Waals surface area contributed by atoms with Gasteiger partial charge in [-0.3, -0.25) is 4.68 Å². The molecule has 4 heteroatoms. The molecule has 1 saturated heterocycles. The van der Waals surface area contributed by atoms with Crippen LogP contribution < -0.4 is 5.32 Å². The van der Waals surface area contributed by atoms with Crippen LogP contribution in [0.25, 0.3) is 0 Å². The molecule has 2 rings (SSSR count). The first-order valence-electron chi connectivity index (χ1n) is 4.76. The van der Waals surface area contributed by atoms with Crippen LogP contribution in [0, 0.1) is 0 Å². The lowest BCUT2D eigenvalue weighted by Gasteiger charge is -2.13. The van der Waals surface area contributed by atoms with E-state index in [2.05, 4.69) is 37.2 Å². The minimum atomic E-state index is 0.585. The molecule has 1 atom stereocenters. The third-order valence-corrected chi connectivity index (χ3v) is 2.90. The summed E-state index contributed by atoms with van der Waals surface area (Å²) in [6.45, 7) is 2.26. The molecule has 72 valence electrons. The standard InChI is InChI=1S/C9H14BrN3/c10-8-6-12-13(7-8)9-2-1-4-11-5-3-9/h6-7,9,11H,1-5H2. The van der Waals surface area contributed by atoms with Gasteiger partial charge in [-0.1, -0.05) is 0 Å². The summed E-state index contributed by atoms with van der Waals surface area (Å²) in [5, 5.41) is 7.72. The molecule has 1 N–H and O–H groups in total. The third-order valence-electron chi connectivity index (χ3n) is 2.49. The Bertz CT molecular complexity index is 264. The van der Waals surface area contributed by atoms with Gasteiger partial charge in [-0.2, -0.15) is 5.10 Å².